The number of hydrogen-bond acceptors (Lipinski definition) is 5. The Bertz CT molecular complexity index is 1280. The Hall–Kier alpha value is -3.10. The van der Waals surface area contributed by atoms with E-state index in [0.717, 1.165) is 25.2 Å². The van der Waals surface area contributed by atoms with Crippen molar-refractivity contribution in [2.24, 2.45) is 0 Å². The van der Waals surface area contributed by atoms with Gasteiger partial charge in [0.05, 0.1) is 11.4 Å². The molecule has 4 rings (SSSR count). The van der Waals surface area contributed by atoms with Gasteiger partial charge in [0.2, 0.25) is 5.78 Å². The number of carbonyl (C=O) groups is 3. The summed E-state index contributed by atoms with van der Waals surface area (Å²) in [4.78, 5) is 44.4. The monoisotopic (exact) mass is 506 g/mol. The average molecular weight is 507 g/mol. The van der Waals surface area contributed by atoms with Crippen LogP contribution < -0.4 is 0 Å². The fourth-order valence-corrected chi connectivity index (χ4v) is 5.26. The summed E-state index contributed by atoms with van der Waals surface area (Å²) in [6.45, 7) is 7.28. The van der Waals surface area contributed by atoms with Gasteiger partial charge in [0.25, 0.3) is 11.8 Å². The number of aryl methyl sites for hydroxylation is 1. The van der Waals surface area contributed by atoms with Crippen molar-refractivity contribution in [3.8, 4) is 0 Å². The quantitative estimate of drug-likeness (QED) is 0.359. The fourth-order valence-electron chi connectivity index (χ4n) is 4.77. The molecule has 0 unspecified atom stereocenters. The molecule has 0 radical (unpaired) electrons. The van der Waals surface area contributed by atoms with E-state index in [-0.39, 0.29) is 11.9 Å². The van der Waals surface area contributed by atoms with Crippen molar-refractivity contribution in [2.45, 2.75) is 32.3 Å². The van der Waals surface area contributed by atoms with Crippen LogP contribution in [0.1, 0.15) is 38.8 Å². The number of carbonyl (C=O) groups excluding carboxylic acids is 3. The van der Waals surface area contributed by atoms with Crippen LogP contribution in [0.2, 0.25) is 0 Å². The van der Waals surface area contributed by atoms with E-state index >= 15 is 0 Å². The Morgan fingerprint density at radius 2 is 1.78 bits per heavy atom. The second-order valence-corrected chi connectivity index (χ2v) is 10.6. The van der Waals surface area contributed by atoms with Gasteiger partial charge < -0.3 is 14.4 Å². The first kappa shape index (κ1) is 26.0. The third kappa shape index (κ3) is 5.34. The predicted octanol–water partition coefficient (Wildman–Crippen LogP) is 3.89. The highest BCUT2D eigenvalue weighted by atomic mass is 32.2. The molecule has 8 heteroatoms. The minimum atomic E-state index is -0.580. The van der Waals surface area contributed by atoms with Gasteiger partial charge >= 0.3 is 0 Å². The average Bonchev–Trinajstić information content (AvgIpc) is 3.22. The van der Waals surface area contributed by atoms with Crippen LogP contribution in [0.4, 0.5) is 0 Å². The smallest absolute Gasteiger partial charge is 0.294 e. The van der Waals surface area contributed by atoms with Crippen molar-refractivity contribution in [3.63, 3.8) is 0 Å². The van der Waals surface area contributed by atoms with Crippen molar-refractivity contribution < 1.29 is 14.4 Å². The third-order valence-corrected chi connectivity index (χ3v) is 7.28. The zero-order chi connectivity index (χ0) is 26.0. The summed E-state index contributed by atoms with van der Waals surface area (Å²) in [7, 11) is 3.12. The zero-order valence-corrected chi connectivity index (χ0v) is 22.5. The van der Waals surface area contributed by atoms with Gasteiger partial charge in [-0.2, -0.15) is 0 Å². The first-order valence-electron chi connectivity index (χ1n) is 12.2. The summed E-state index contributed by atoms with van der Waals surface area (Å²) in [5.74, 6) is -0.501. The van der Waals surface area contributed by atoms with Gasteiger partial charge in [-0.25, -0.2) is 0 Å². The van der Waals surface area contributed by atoms with Crippen molar-refractivity contribution in [2.75, 3.05) is 40.0 Å². The number of aromatic nitrogens is 1. The van der Waals surface area contributed by atoms with Gasteiger partial charge in [-0.1, -0.05) is 29.8 Å². The molecule has 190 valence electrons. The minimum absolute atomic E-state index is 0.0362. The molecule has 2 aromatic carbocycles. The Morgan fingerprint density at radius 3 is 2.42 bits per heavy atom. The lowest BCUT2D eigenvalue weighted by Gasteiger charge is -2.40. The topological polar surface area (TPSA) is 65.9 Å². The fraction of sp³-hybridized carbons (Fsp3) is 0.393. The molecule has 2 amide bonds. The molecule has 1 aromatic heterocycles. The summed E-state index contributed by atoms with van der Waals surface area (Å²) in [5.41, 5.74) is 4.28. The minimum Gasteiger partial charge on any atom is -0.342 e. The van der Waals surface area contributed by atoms with Gasteiger partial charge in [0.15, 0.2) is 0 Å². The largest absolute Gasteiger partial charge is 0.342 e. The Morgan fingerprint density at radius 1 is 1.06 bits per heavy atom. The van der Waals surface area contributed by atoms with Gasteiger partial charge in [-0.15, -0.1) is 11.8 Å². The number of likely N-dealkylation sites (N-methyl/N-ethyl adjacent to an activating group) is 1. The van der Waals surface area contributed by atoms with E-state index in [1.54, 1.807) is 38.0 Å². The highest BCUT2D eigenvalue weighted by Crippen LogP contribution is 2.27. The summed E-state index contributed by atoms with van der Waals surface area (Å²) in [5, 5.41) is 0.709. The highest BCUT2D eigenvalue weighted by molar-refractivity contribution is 7.97. The molecule has 0 spiro atoms. The second-order valence-electron chi connectivity index (χ2n) is 9.76. The van der Waals surface area contributed by atoms with Crippen LogP contribution in [-0.4, -0.2) is 82.9 Å². The third-order valence-electron chi connectivity index (χ3n) is 6.74. The molecule has 1 aliphatic rings. The number of piperazine rings is 1. The number of hydrogen-bond donors (Lipinski definition) is 0. The molecule has 7 nitrogen and oxygen atoms in total. The number of benzene rings is 2. The number of amides is 2. The van der Waals surface area contributed by atoms with Crippen LogP contribution in [0.15, 0.2) is 48.7 Å². The van der Waals surface area contributed by atoms with E-state index in [2.05, 4.69) is 43.0 Å². The SMILES string of the molecule is CSCn1cc(C(=O)N2CCN(Cc3ccc(C)cc3)C[C@H]2C)c2cc(C(=O)C(=O)N(C)C)ccc21. The van der Waals surface area contributed by atoms with Crippen molar-refractivity contribution in [3.05, 3.63) is 70.9 Å². The van der Waals surface area contributed by atoms with Gasteiger partial charge in [0, 0.05) is 69.0 Å². The lowest BCUT2D eigenvalue weighted by molar-refractivity contribution is -0.124. The van der Waals surface area contributed by atoms with E-state index < -0.39 is 11.7 Å². The Labute approximate surface area is 217 Å². The first-order valence-corrected chi connectivity index (χ1v) is 13.6. The van der Waals surface area contributed by atoms with Crippen molar-refractivity contribution in [1.82, 2.24) is 19.3 Å². The molecule has 2 heterocycles. The molecule has 0 N–H and O–H groups in total. The van der Waals surface area contributed by atoms with Crippen LogP contribution >= 0.6 is 11.8 Å². The molecular formula is C28H34N4O3S. The number of Topliss-reactive ketones (excluding diaryl/α,β-unsaturated/α-hetero) is 1. The summed E-state index contributed by atoms with van der Waals surface area (Å²) < 4.78 is 2.04. The lowest BCUT2D eigenvalue weighted by Crippen LogP contribution is -2.53. The van der Waals surface area contributed by atoms with Crippen LogP contribution in [0, 0.1) is 6.92 Å². The van der Waals surface area contributed by atoms with E-state index in [0.29, 0.717) is 28.9 Å². The highest BCUT2D eigenvalue weighted by Gasteiger charge is 2.30. The van der Waals surface area contributed by atoms with Crippen molar-refractivity contribution >= 4 is 40.3 Å². The number of nitrogens with zero attached hydrogens (tertiary/aromatic N) is 4. The molecular weight excluding hydrogens is 472 g/mol. The second kappa shape index (κ2) is 10.9. The van der Waals surface area contributed by atoms with E-state index in [1.165, 1.54) is 16.0 Å². The van der Waals surface area contributed by atoms with Gasteiger partial charge in [-0.3, -0.25) is 19.3 Å². The van der Waals surface area contributed by atoms with E-state index in [1.807, 2.05) is 28.0 Å². The van der Waals surface area contributed by atoms with Gasteiger partial charge in [-0.05, 0) is 43.9 Å². The number of fused-ring (bicyclic) bond motifs is 1. The number of thioether (sulfide) groups is 1. The standard InChI is InChI=1S/C28H34N4O3S/c1-19-6-8-21(9-7-19)16-30-12-13-32(20(2)15-30)27(34)24-17-31(18-36-5)25-11-10-22(14-23(24)25)26(33)28(35)29(3)4/h6-11,14,17,20H,12-13,15-16,18H2,1-5H3/t20-/m1/s1. The maximum Gasteiger partial charge on any atom is 0.294 e. The predicted molar refractivity (Wildman–Crippen MR) is 145 cm³/mol. The number of ketones is 1. The van der Waals surface area contributed by atoms with E-state index in [9.17, 15) is 14.4 Å². The summed E-state index contributed by atoms with van der Waals surface area (Å²) >= 11 is 1.66. The molecule has 1 aliphatic heterocycles. The Kier molecular flexibility index (Phi) is 7.85. The maximum absolute atomic E-state index is 13.8. The lowest BCUT2D eigenvalue weighted by atomic mass is 10.0. The molecule has 0 saturated carbocycles. The number of rotatable bonds is 7. The zero-order valence-electron chi connectivity index (χ0n) is 21.7. The molecule has 0 aliphatic carbocycles. The van der Waals surface area contributed by atoms with Crippen LogP contribution in [0.3, 0.4) is 0 Å². The molecule has 0 bridgehead atoms. The Balaban J connectivity index is 1.58. The molecule has 36 heavy (non-hydrogen) atoms. The van der Waals surface area contributed by atoms with E-state index in [4.69, 9.17) is 0 Å². The molecule has 3 aromatic rings. The normalized spacial score (nSPS) is 16.4. The molecule has 1 saturated heterocycles. The van der Waals surface area contributed by atoms with Crippen LogP contribution in [0.25, 0.3) is 10.9 Å². The molecule has 1 fully saturated rings. The summed E-state index contributed by atoms with van der Waals surface area (Å²) in [6.07, 6.45) is 3.90. The molecule has 1 atom stereocenters. The first-order chi connectivity index (χ1) is 17.2. The summed E-state index contributed by atoms with van der Waals surface area (Å²) in [6, 6.07) is 13.8. The van der Waals surface area contributed by atoms with Crippen molar-refractivity contribution in [1.29, 1.82) is 0 Å². The maximum atomic E-state index is 13.8. The van der Waals surface area contributed by atoms with Crippen LogP contribution in [0.5, 0.6) is 0 Å². The van der Waals surface area contributed by atoms with Gasteiger partial charge in [0.1, 0.15) is 0 Å². The van der Waals surface area contributed by atoms with Crippen LogP contribution in [-0.2, 0) is 17.2 Å².